The smallest absolute Gasteiger partial charge is 0.346 e. The summed E-state index contributed by atoms with van der Waals surface area (Å²) in [7, 11) is 0. The monoisotopic (exact) mass is 854 g/mol. The van der Waals surface area contributed by atoms with Crippen LogP contribution in [0.4, 0.5) is 0 Å². The fourth-order valence-corrected chi connectivity index (χ4v) is 11.9. The SMILES string of the molecule is CC[C@H]1C[C@]23OC(=O)/C(=C(\O)[C@@]4(CC)[C@@H]5CC[C@H](C)[C@H](O[C@H]6C[C@@H](O)[C@H](NC(=O)c7[nH]c(Cl)cc7Cl)[C@@H](C)O6)[C@H]5C=C[C@H]4C/C=C\C/C(C)=C/[C@@]2(C)C=C1C(=O)O)C3=O. The highest BCUT2D eigenvalue weighted by Gasteiger charge is 2.67. The molecule has 0 aromatic carbocycles. The van der Waals surface area contributed by atoms with E-state index in [1.54, 1.807) is 19.9 Å². The number of hydrogen-bond acceptors (Lipinski definition) is 9. The highest BCUT2D eigenvalue weighted by atomic mass is 35.5. The number of ketones is 1. The summed E-state index contributed by atoms with van der Waals surface area (Å²) in [6.45, 7) is 11.4. The van der Waals surface area contributed by atoms with Crippen LogP contribution in [0.15, 0.2) is 65.0 Å². The first kappa shape index (κ1) is 43.4. The zero-order chi connectivity index (χ0) is 42.8. The summed E-state index contributed by atoms with van der Waals surface area (Å²) < 4.78 is 19.4. The first-order valence-corrected chi connectivity index (χ1v) is 21.7. The maximum atomic E-state index is 15.2. The number of carbonyl (C=O) groups is 4. The van der Waals surface area contributed by atoms with Crippen LogP contribution < -0.4 is 5.32 Å². The van der Waals surface area contributed by atoms with Gasteiger partial charge in [-0.05, 0) is 89.0 Å². The van der Waals surface area contributed by atoms with Crippen molar-refractivity contribution in [1.82, 2.24) is 10.3 Å². The number of amides is 1. The van der Waals surface area contributed by atoms with Crippen LogP contribution in [-0.2, 0) is 28.6 Å². The summed E-state index contributed by atoms with van der Waals surface area (Å²) in [4.78, 5) is 57.7. The second-order valence-electron chi connectivity index (χ2n) is 17.8. The summed E-state index contributed by atoms with van der Waals surface area (Å²) >= 11 is 12.2. The third-order valence-corrected chi connectivity index (χ3v) is 14.9. The Morgan fingerprint density at radius 1 is 1.10 bits per heavy atom. The first-order chi connectivity index (χ1) is 27.9. The second kappa shape index (κ2) is 16.3. The molecule has 2 saturated heterocycles. The van der Waals surface area contributed by atoms with E-state index in [2.05, 4.69) is 41.5 Å². The lowest BCUT2D eigenvalue weighted by Gasteiger charge is -2.55. The van der Waals surface area contributed by atoms with Crippen LogP contribution in [0.25, 0.3) is 0 Å². The van der Waals surface area contributed by atoms with Crippen LogP contribution in [0.3, 0.4) is 0 Å². The average molecular weight is 856 g/mol. The van der Waals surface area contributed by atoms with Gasteiger partial charge in [0.05, 0.1) is 34.8 Å². The molecule has 5 N–H and O–H groups in total. The molecule has 1 aromatic heterocycles. The number of allylic oxidation sites excluding steroid dienone is 5. The van der Waals surface area contributed by atoms with Gasteiger partial charge in [-0.3, -0.25) is 9.59 Å². The Morgan fingerprint density at radius 2 is 1.85 bits per heavy atom. The quantitative estimate of drug-likeness (QED) is 0.102. The maximum Gasteiger partial charge on any atom is 0.346 e. The van der Waals surface area contributed by atoms with Crippen molar-refractivity contribution in [1.29, 1.82) is 0 Å². The van der Waals surface area contributed by atoms with Crippen LogP contribution in [0.2, 0.25) is 10.2 Å². The minimum absolute atomic E-state index is 0.0225. The number of aliphatic hydroxyl groups is 2. The van der Waals surface area contributed by atoms with Crippen molar-refractivity contribution >= 4 is 46.8 Å². The molecule has 320 valence electrons. The Balaban J connectivity index is 1.23. The van der Waals surface area contributed by atoms with Crippen LogP contribution >= 0.6 is 23.2 Å². The van der Waals surface area contributed by atoms with Crippen molar-refractivity contribution in [3.63, 3.8) is 0 Å². The number of halogens is 2. The van der Waals surface area contributed by atoms with Gasteiger partial charge in [0.2, 0.25) is 5.78 Å². The van der Waals surface area contributed by atoms with E-state index in [-0.39, 0.29) is 69.3 Å². The molecule has 13 atom stereocenters. The van der Waals surface area contributed by atoms with E-state index < -0.39 is 76.6 Å². The summed E-state index contributed by atoms with van der Waals surface area (Å²) in [5.41, 5.74) is -3.32. The van der Waals surface area contributed by atoms with Gasteiger partial charge in [-0.15, -0.1) is 0 Å². The zero-order valence-electron chi connectivity index (χ0n) is 34.4. The molecule has 6 aliphatic rings. The molecule has 1 aromatic rings. The number of rotatable bonds is 7. The number of carboxylic acid groups (broad SMARTS) is 1. The van der Waals surface area contributed by atoms with Crippen LogP contribution in [-0.4, -0.2) is 80.2 Å². The van der Waals surface area contributed by atoms with Crippen molar-refractivity contribution in [2.75, 3.05) is 0 Å². The molecule has 7 rings (SSSR count). The number of fused-ring (bicyclic) bond motifs is 4. The van der Waals surface area contributed by atoms with Gasteiger partial charge in [-0.2, -0.15) is 0 Å². The number of aromatic amines is 1. The van der Waals surface area contributed by atoms with Crippen LogP contribution in [0.5, 0.6) is 0 Å². The first-order valence-electron chi connectivity index (χ1n) is 20.9. The summed E-state index contributed by atoms with van der Waals surface area (Å²) in [5.74, 6) is -4.71. The zero-order valence-corrected chi connectivity index (χ0v) is 35.9. The van der Waals surface area contributed by atoms with Crippen molar-refractivity contribution < 1.29 is 48.7 Å². The van der Waals surface area contributed by atoms with E-state index in [0.717, 1.165) is 12.0 Å². The van der Waals surface area contributed by atoms with Crippen molar-refractivity contribution in [2.45, 2.75) is 129 Å². The van der Waals surface area contributed by atoms with Crippen molar-refractivity contribution in [3.8, 4) is 0 Å². The molecule has 3 fully saturated rings. The number of carboxylic acids is 1. The molecule has 2 bridgehead atoms. The maximum absolute atomic E-state index is 15.2. The number of ether oxygens (including phenoxy) is 3. The topological polar surface area (TPSA) is 184 Å². The van der Waals surface area contributed by atoms with E-state index in [0.29, 0.717) is 32.1 Å². The molecule has 1 saturated carbocycles. The Morgan fingerprint density at radius 3 is 2.49 bits per heavy atom. The minimum atomic E-state index is -1.75. The highest BCUT2D eigenvalue weighted by molar-refractivity contribution is 6.36. The molecule has 0 unspecified atom stereocenters. The fourth-order valence-electron chi connectivity index (χ4n) is 11.4. The van der Waals surface area contributed by atoms with Gasteiger partial charge < -0.3 is 39.8 Å². The van der Waals surface area contributed by atoms with Crippen LogP contribution in [0.1, 0.15) is 103 Å². The summed E-state index contributed by atoms with van der Waals surface area (Å²) in [6.07, 6.45) is 12.3. The molecule has 3 heterocycles. The second-order valence-corrected chi connectivity index (χ2v) is 18.6. The van der Waals surface area contributed by atoms with Gasteiger partial charge >= 0.3 is 11.9 Å². The van der Waals surface area contributed by atoms with E-state index >= 15 is 4.79 Å². The molecular formula is C45H56Cl2N2O10. The largest absolute Gasteiger partial charge is 0.511 e. The third kappa shape index (κ3) is 7.24. The van der Waals surface area contributed by atoms with Crippen molar-refractivity contribution in [2.24, 2.45) is 40.4 Å². The molecule has 14 heteroatoms. The number of aliphatic carboxylic acids is 1. The number of aromatic nitrogens is 1. The average Bonchev–Trinajstić information content (AvgIpc) is 3.65. The minimum Gasteiger partial charge on any atom is -0.511 e. The number of Topliss-reactive ketones (excluding diaryl/α,β-unsaturated/α-hetero) is 1. The Bertz CT molecular complexity index is 2040. The number of aliphatic hydroxyl groups excluding tert-OH is 2. The van der Waals surface area contributed by atoms with E-state index in [9.17, 15) is 29.7 Å². The molecule has 0 radical (unpaired) electrons. The Hall–Kier alpha value is -3.68. The highest BCUT2D eigenvalue weighted by Crippen LogP contribution is 2.61. The Kier molecular flexibility index (Phi) is 12.0. The fraction of sp³-hybridized carbons (Fsp3) is 0.600. The van der Waals surface area contributed by atoms with Gasteiger partial charge in [-0.1, -0.05) is 86.0 Å². The molecule has 1 spiro atoms. The molecule has 1 amide bonds. The van der Waals surface area contributed by atoms with E-state index in [4.69, 9.17) is 37.4 Å². The summed E-state index contributed by atoms with van der Waals surface area (Å²) in [6, 6.07) is 0.664. The van der Waals surface area contributed by atoms with Crippen LogP contribution in [0, 0.1) is 40.4 Å². The van der Waals surface area contributed by atoms with Gasteiger partial charge in [-0.25, -0.2) is 9.59 Å². The van der Waals surface area contributed by atoms with Gasteiger partial charge in [0.1, 0.15) is 22.2 Å². The number of carbonyl (C=O) groups excluding carboxylic acids is 3. The lowest BCUT2D eigenvalue weighted by atomic mass is 9.51. The van der Waals surface area contributed by atoms with E-state index in [1.807, 2.05) is 26.8 Å². The van der Waals surface area contributed by atoms with Gasteiger partial charge in [0.15, 0.2) is 11.9 Å². The van der Waals surface area contributed by atoms with Gasteiger partial charge in [0, 0.05) is 29.7 Å². The predicted molar refractivity (Wildman–Crippen MR) is 220 cm³/mol. The molecular weight excluding hydrogens is 799 g/mol. The molecule has 59 heavy (non-hydrogen) atoms. The van der Waals surface area contributed by atoms with E-state index in [1.165, 1.54) is 6.07 Å². The van der Waals surface area contributed by atoms with Crippen molar-refractivity contribution in [3.05, 3.63) is 80.9 Å². The molecule has 2 aliphatic heterocycles. The standard InChI is InChI=1S/C45H56Cl2N2O10/c1-7-25-20-45-39(52)34(42(56)59-45)38(51)44(8-2)26(12-10-9-11-22(3)19-43(45,6)21-28(25)41(54)55)14-15-27-29(44)16-13-23(4)37(27)58-33-18-31(50)35(24(5)57-33)49-40(53)36-30(46)17-32(47)48-36/h9-10,14-15,17,19,21,23-27,29,31,33,35,37,48,50-51H,7-8,11-13,16,18,20H2,1-6H3,(H,49,53)(H,54,55)/b10-9-,22-19+,38-34-/t23-,24+,25-,26+,27-,29+,31+,33-,35+,37-,43-,44+,45+/m0/s1. The number of hydrogen-bond donors (Lipinski definition) is 5. The normalized spacial score (nSPS) is 42.3. The molecule has 12 nitrogen and oxygen atoms in total. The lowest BCUT2D eigenvalue weighted by Crippen LogP contribution is -2.58. The molecule has 4 aliphatic carbocycles. The summed E-state index contributed by atoms with van der Waals surface area (Å²) in [5, 5.41) is 37.6. The lowest BCUT2D eigenvalue weighted by molar-refractivity contribution is -0.258. The Labute approximate surface area is 355 Å². The predicted octanol–water partition coefficient (Wildman–Crippen LogP) is 7.97. The van der Waals surface area contributed by atoms with Gasteiger partial charge in [0.25, 0.3) is 5.91 Å². The third-order valence-electron chi connectivity index (χ3n) is 14.4. The number of H-pyrrole nitrogens is 1. The number of nitrogens with one attached hydrogen (secondary N) is 2. The number of esters is 1.